The molecule has 2 heterocycles. The Labute approximate surface area is 209 Å². The van der Waals surface area contributed by atoms with Crippen LogP contribution in [-0.4, -0.2) is 33.7 Å². The summed E-state index contributed by atoms with van der Waals surface area (Å²) in [5, 5.41) is 19.6. The van der Waals surface area contributed by atoms with Gasteiger partial charge in [0.15, 0.2) is 18.0 Å². The monoisotopic (exact) mass is 497 g/mol. The van der Waals surface area contributed by atoms with Crippen molar-refractivity contribution in [3.63, 3.8) is 0 Å². The fourth-order valence-corrected chi connectivity index (χ4v) is 3.90. The summed E-state index contributed by atoms with van der Waals surface area (Å²) in [6.45, 7) is -0.618. The SMILES string of the molecule is O=C(O)COc1c(-c2cccc(OCc3ccc4ccccc4n3)c2)oc2c(C(=O)O)cccc2c1=O. The van der Waals surface area contributed by atoms with E-state index >= 15 is 0 Å². The first-order valence-corrected chi connectivity index (χ1v) is 11.2. The first-order valence-electron chi connectivity index (χ1n) is 11.2. The molecule has 0 aliphatic heterocycles. The molecule has 37 heavy (non-hydrogen) atoms. The average molecular weight is 497 g/mol. The molecule has 0 amide bonds. The lowest BCUT2D eigenvalue weighted by Crippen LogP contribution is -2.16. The van der Waals surface area contributed by atoms with E-state index in [1.807, 2.05) is 36.4 Å². The number of nitrogens with zero attached hydrogens (tertiary/aromatic N) is 1. The summed E-state index contributed by atoms with van der Waals surface area (Å²) in [4.78, 5) is 40.7. The van der Waals surface area contributed by atoms with E-state index < -0.39 is 24.0 Å². The van der Waals surface area contributed by atoms with Crippen LogP contribution in [0.3, 0.4) is 0 Å². The molecule has 0 aliphatic rings. The number of ether oxygens (including phenoxy) is 2. The topological polar surface area (TPSA) is 136 Å². The van der Waals surface area contributed by atoms with Crippen LogP contribution in [0.2, 0.25) is 0 Å². The number of hydrogen-bond donors (Lipinski definition) is 2. The minimum Gasteiger partial charge on any atom is -0.487 e. The number of carboxylic acid groups (broad SMARTS) is 2. The Morgan fingerprint density at radius 1 is 0.892 bits per heavy atom. The van der Waals surface area contributed by atoms with Crippen molar-refractivity contribution in [2.24, 2.45) is 0 Å². The summed E-state index contributed by atoms with van der Waals surface area (Å²) >= 11 is 0. The third-order valence-corrected chi connectivity index (χ3v) is 5.59. The van der Waals surface area contributed by atoms with Crippen LogP contribution in [0, 0.1) is 0 Å². The van der Waals surface area contributed by atoms with Gasteiger partial charge in [0.25, 0.3) is 0 Å². The third-order valence-electron chi connectivity index (χ3n) is 5.59. The second-order valence-corrected chi connectivity index (χ2v) is 8.07. The van der Waals surface area contributed by atoms with Crippen LogP contribution < -0.4 is 14.9 Å². The van der Waals surface area contributed by atoms with E-state index in [0.717, 1.165) is 10.9 Å². The summed E-state index contributed by atoms with van der Waals surface area (Å²) < 4.78 is 17.1. The van der Waals surface area contributed by atoms with Crippen LogP contribution >= 0.6 is 0 Å². The number of benzene rings is 3. The average Bonchev–Trinajstić information content (AvgIpc) is 2.90. The third kappa shape index (κ3) is 4.83. The molecule has 184 valence electrons. The maximum atomic E-state index is 13.2. The molecule has 0 saturated heterocycles. The van der Waals surface area contributed by atoms with Gasteiger partial charge < -0.3 is 24.1 Å². The Balaban J connectivity index is 1.54. The van der Waals surface area contributed by atoms with Crippen molar-refractivity contribution >= 4 is 33.8 Å². The lowest BCUT2D eigenvalue weighted by atomic mass is 10.1. The highest BCUT2D eigenvalue weighted by molar-refractivity contribution is 6.01. The van der Waals surface area contributed by atoms with E-state index in [4.69, 9.17) is 19.0 Å². The van der Waals surface area contributed by atoms with Gasteiger partial charge in [0.05, 0.1) is 16.6 Å². The summed E-state index contributed by atoms with van der Waals surface area (Å²) in [6, 6.07) is 22.2. The van der Waals surface area contributed by atoms with Gasteiger partial charge in [-0.1, -0.05) is 42.5 Å². The maximum Gasteiger partial charge on any atom is 0.341 e. The quantitative estimate of drug-likeness (QED) is 0.311. The van der Waals surface area contributed by atoms with Gasteiger partial charge in [-0.05, 0) is 36.4 Å². The number of carboxylic acids is 2. The highest BCUT2D eigenvalue weighted by Crippen LogP contribution is 2.34. The zero-order chi connectivity index (χ0) is 25.9. The molecule has 5 aromatic rings. The fourth-order valence-electron chi connectivity index (χ4n) is 3.90. The molecule has 0 bridgehead atoms. The number of pyridine rings is 1. The van der Waals surface area contributed by atoms with Crippen molar-refractivity contribution in [1.29, 1.82) is 0 Å². The van der Waals surface area contributed by atoms with Gasteiger partial charge in [-0.25, -0.2) is 14.6 Å². The lowest BCUT2D eigenvalue weighted by molar-refractivity contribution is -0.139. The van der Waals surface area contributed by atoms with Crippen LogP contribution in [0.5, 0.6) is 11.5 Å². The number of aliphatic carboxylic acids is 1. The highest BCUT2D eigenvalue weighted by atomic mass is 16.5. The second kappa shape index (κ2) is 9.82. The molecule has 0 unspecified atom stereocenters. The normalized spacial score (nSPS) is 10.9. The van der Waals surface area contributed by atoms with Crippen molar-refractivity contribution in [3.05, 3.63) is 100 Å². The van der Waals surface area contributed by atoms with Crippen molar-refractivity contribution in [2.75, 3.05) is 6.61 Å². The molecule has 0 atom stereocenters. The zero-order valence-corrected chi connectivity index (χ0v) is 19.2. The first-order chi connectivity index (χ1) is 17.9. The van der Waals surface area contributed by atoms with Crippen LogP contribution in [-0.2, 0) is 11.4 Å². The van der Waals surface area contributed by atoms with Crippen LogP contribution in [0.15, 0.2) is 88.1 Å². The molecule has 5 rings (SSSR count). The molecule has 0 saturated carbocycles. The Morgan fingerprint density at radius 2 is 1.70 bits per heavy atom. The minimum atomic E-state index is -1.29. The summed E-state index contributed by atoms with van der Waals surface area (Å²) in [5.74, 6) is -2.60. The molecule has 2 aromatic heterocycles. The lowest BCUT2D eigenvalue weighted by Gasteiger charge is -2.13. The molecular weight excluding hydrogens is 478 g/mol. The van der Waals surface area contributed by atoms with Crippen LogP contribution in [0.4, 0.5) is 0 Å². The standard InChI is InChI=1S/C28H19NO8/c30-23(31)15-36-27-24(32)20-8-4-9-21(28(33)34)26(20)37-25(27)17-6-3-7-19(13-17)35-14-18-12-11-16-5-1-2-10-22(16)29-18/h1-13H,14-15H2,(H,30,31)(H,33,34). The largest absolute Gasteiger partial charge is 0.487 e. The van der Waals surface area contributed by atoms with Crippen molar-refractivity contribution in [1.82, 2.24) is 4.98 Å². The number of aromatic nitrogens is 1. The Bertz CT molecular complexity index is 1720. The van der Waals surface area contributed by atoms with E-state index in [0.29, 0.717) is 17.0 Å². The summed E-state index contributed by atoms with van der Waals surface area (Å²) in [5.41, 5.74) is 0.832. The van der Waals surface area contributed by atoms with Gasteiger partial charge in [0.2, 0.25) is 11.2 Å². The van der Waals surface area contributed by atoms with Gasteiger partial charge in [0.1, 0.15) is 17.9 Å². The maximum absolute atomic E-state index is 13.2. The van der Waals surface area contributed by atoms with Crippen LogP contribution in [0.1, 0.15) is 16.1 Å². The van der Waals surface area contributed by atoms with E-state index in [-0.39, 0.29) is 34.6 Å². The van der Waals surface area contributed by atoms with Gasteiger partial charge in [-0.3, -0.25) is 4.79 Å². The number of aromatic carboxylic acids is 1. The van der Waals surface area contributed by atoms with Gasteiger partial charge in [0, 0.05) is 10.9 Å². The minimum absolute atomic E-state index is 0.0428. The Hall–Kier alpha value is -5.18. The van der Waals surface area contributed by atoms with Gasteiger partial charge in [-0.15, -0.1) is 0 Å². The molecule has 0 fully saturated rings. The predicted octanol–water partition coefficient (Wildman–Crippen LogP) is 4.75. The smallest absolute Gasteiger partial charge is 0.341 e. The molecule has 0 spiro atoms. The first kappa shape index (κ1) is 23.6. The fraction of sp³-hybridized carbons (Fsp3) is 0.0714. The molecule has 9 nitrogen and oxygen atoms in total. The number of rotatable bonds is 8. The van der Waals surface area contributed by atoms with Gasteiger partial charge in [-0.2, -0.15) is 0 Å². The Morgan fingerprint density at radius 3 is 2.51 bits per heavy atom. The number of carbonyl (C=O) groups is 2. The van der Waals surface area contributed by atoms with Crippen molar-refractivity contribution in [2.45, 2.75) is 6.61 Å². The van der Waals surface area contributed by atoms with E-state index in [2.05, 4.69) is 4.98 Å². The van der Waals surface area contributed by atoms with E-state index in [1.54, 1.807) is 24.3 Å². The van der Waals surface area contributed by atoms with Crippen molar-refractivity contribution in [3.8, 4) is 22.8 Å². The van der Waals surface area contributed by atoms with E-state index in [9.17, 15) is 19.5 Å². The van der Waals surface area contributed by atoms with Crippen LogP contribution in [0.25, 0.3) is 33.2 Å². The van der Waals surface area contributed by atoms with Gasteiger partial charge >= 0.3 is 11.9 Å². The zero-order valence-electron chi connectivity index (χ0n) is 19.2. The second-order valence-electron chi connectivity index (χ2n) is 8.07. The van der Waals surface area contributed by atoms with Crippen molar-refractivity contribution < 1.29 is 33.7 Å². The number of fused-ring (bicyclic) bond motifs is 2. The number of hydrogen-bond acceptors (Lipinski definition) is 7. The molecule has 0 radical (unpaired) electrons. The molecule has 0 aliphatic carbocycles. The summed E-state index contributed by atoms with van der Waals surface area (Å²) in [6.07, 6.45) is 0. The Kier molecular flexibility index (Phi) is 6.25. The molecule has 3 aromatic carbocycles. The predicted molar refractivity (Wildman–Crippen MR) is 134 cm³/mol. The van der Waals surface area contributed by atoms with E-state index in [1.165, 1.54) is 18.2 Å². The molecule has 9 heteroatoms. The number of para-hydroxylation sites is 2. The summed E-state index contributed by atoms with van der Waals surface area (Å²) in [7, 11) is 0. The highest BCUT2D eigenvalue weighted by Gasteiger charge is 2.22. The molecular formula is C28H19NO8. The molecule has 2 N–H and O–H groups in total.